The van der Waals surface area contributed by atoms with E-state index in [-0.39, 0.29) is 6.61 Å². The lowest BCUT2D eigenvalue weighted by atomic mass is 9.97. The molecule has 104 valence electrons. The number of carbonyl (C=O) groups is 1. The van der Waals surface area contributed by atoms with Crippen molar-refractivity contribution in [3.05, 3.63) is 12.7 Å². The lowest BCUT2D eigenvalue weighted by Gasteiger charge is -2.41. The summed E-state index contributed by atoms with van der Waals surface area (Å²) in [5.74, 6) is -0.416. The highest BCUT2D eigenvalue weighted by Gasteiger charge is 2.45. The molecule has 1 fully saturated rings. The number of alkyl halides is 1. The van der Waals surface area contributed by atoms with Crippen LogP contribution in [-0.4, -0.2) is 60.0 Å². The molecule has 0 saturated carbocycles. The second-order valence-corrected chi connectivity index (χ2v) is 4.03. The lowest BCUT2D eigenvalue weighted by Crippen LogP contribution is -2.64. The highest BCUT2D eigenvalue weighted by atomic mass is 19.1. The van der Waals surface area contributed by atoms with Crippen molar-refractivity contribution in [2.75, 3.05) is 13.3 Å². The van der Waals surface area contributed by atoms with Gasteiger partial charge in [0.15, 0.2) is 6.29 Å². The van der Waals surface area contributed by atoms with Crippen LogP contribution >= 0.6 is 0 Å². The van der Waals surface area contributed by atoms with Crippen molar-refractivity contribution in [3.8, 4) is 0 Å². The van der Waals surface area contributed by atoms with Crippen molar-refractivity contribution in [1.82, 2.24) is 5.32 Å². The summed E-state index contributed by atoms with van der Waals surface area (Å²) in [6, 6.07) is -0.958. The maximum absolute atomic E-state index is 12.6. The number of hydrogen-bond acceptors (Lipinski definition) is 5. The maximum atomic E-state index is 12.6. The topological polar surface area (TPSA) is 88.0 Å². The normalized spacial score (nSPS) is 36.1. The number of aliphatic hydroxyl groups excluding tert-OH is 2. The molecule has 5 atom stereocenters. The number of rotatable bonds is 5. The van der Waals surface area contributed by atoms with Gasteiger partial charge in [0.2, 0.25) is 5.91 Å². The molecule has 1 amide bonds. The Kier molecular flexibility index (Phi) is 5.67. The molecule has 1 rings (SSSR count). The number of ether oxygens (including phenoxy) is 2. The minimum atomic E-state index is -1.42. The second-order valence-electron chi connectivity index (χ2n) is 4.03. The first-order valence-electron chi connectivity index (χ1n) is 5.58. The zero-order valence-electron chi connectivity index (χ0n) is 10.1. The molecule has 6 nitrogen and oxygen atoms in total. The number of aliphatic hydroxyl groups is 2. The fourth-order valence-corrected chi connectivity index (χ4v) is 1.75. The van der Waals surface area contributed by atoms with E-state index < -0.39 is 43.2 Å². The predicted molar refractivity (Wildman–Crippen MR) is 60.4 cm³/mol. The third-order valence-electron chi connectivity index (χ3n) is 2.60. The van der Waals surface area contributed by atoms with E-state index >= 15 is 0 Å². The molecular weight excluding hydrogens is 245 g/mol. The monoisotopic (exact) mass is 263 g/mol. The number of carbonyl (C=O) groups excluding carboxylic acids is 1. The van der Waals surface area contributed by atoms with Gasteiger partial charge in [-0.2, -0.15) is 0 Å². The third-order valence-corrected chi connectivity index (χ3v) is 2.60. The SMILES string of the molecule is C=CCO[C@H]1O[C@H](CF)[C@@H](O)[C@H](O)[C@@H]1NC(C)=O. The van der Waals surface area contributed by atoms with Crippen molar-refractivity contribution in [2.45, 2.75) is 37.6 Å². The molecule has 0 unspecified atom stereocenters. The summed E-state index contributed by atoms with van der Waals surface area (Å²) >= 11 is 0. The molecule has 0 spiro atoms. The lowest BCUT2D eigenvalue weighted by molar-refractivity contribution is -0.263. The molecule has 0 aromatic carbocycles. The van der Waals surface area contributed by atoms with Crippen LogP contribution in [0.15, 0.2) is 12.7 Å². The molecule has 0 aliphatic carbocycles. The first kappa shape index (κ1) is 15.0. The van der Waals surface area contributed by atoms with E-state index in [4.69, 9.17) is 9.47 Å². The van der Waals surface area contributed by atoms with Crippen LogP contribution in [0.5, 0.6) is 0 Å². The summed E-state index contributed by atoms with van der Waals surface area (Å²) in [5.41, 5.74) is 0. The van der Waals surface area contributed by atoms with Gasteiger partial charge in [0.05, 0.1) is 6.61 Å². The molecule has 1 aliphatic heterocycles. The second kappa shape index (κ2) is 6.79. The van der Waals surface area contributed by atoms with E-state index in [1.165, 1.54) is 13.0 Å². The van der Waals surface area contributed by atoms with Gasteiger partial charge in [-0.15, -0.1) is 6.58 Å². The summed E-state index contributed by atoms with van der Waals surface area (Å²) in [4.78, 5) is 11.0. The Bertz CT molecular complexity index is 301. The van der Waals surface area contributed by atoms with Crippen LogP contribution in [0.3, 0.4) is 0 Å². The van der Waals surface area contributed by atoms with Gasteiger partial charge in [0.1, 0.15) is 31.0 Å². The van der Waals surface area contributed by atoms with E-state index in [2.05, 4.69) is 11.9 Å². The third kappa shape index (κ3) is 3.49. The summed E-state index contributed by atoms with van der Waals surface area (Å²) in [7, 11) is 0. The minimum absolute atomic E-state index is 0.114. The van der Waals surface area contributed by atoms with Gasteiger partial charge in [-0.05, 0) is 0 Å². The average molecular weight is 263 g/mol. The first-order valence-corrected chi connectivity index (χ1v) is 5.58. The molecule has 1 saturated heterocycles. The largest absolute Gasteiger partial charge is 0.388 e. The molecule has 0 radical (unpaired) electrons. The smallest absolute Gasteiger partial charge is 0.217 e. The molecule has 0 aromatic heterocycles. The summed E-state index contributed by atoms with van der Waals surface area (Å²) in [6.07, 6.45) is -3.55. The van der Waals surface area contributed by atoms with Crippen LogP contribution in [0, 0.1) is 0 Å². The quantitative estimate of drug-likeness (QED) is 0.560. The summed E-state index contributed by atoms with van der Waals surface area (Å²) in [5, 5.41) is 21.9. The highest BCUT2D eigenvalue weighted by Crippen LogP contribution is 2.22. The predicted octanol–water partition coefficient (Wildman–Crippen LogP) is -0.890. The van der Waals surface area contributed by atoms with Crippen LogP contribution < -0.4 is 5.32 Å². The molecule has 0 aromatic rings. The number of halogens is 1. The highest BCUT2D eigenvalue weighted by molar-refractivity contribution is 5.73. The number of hydrogen-bond donors (Lipinski definition) is 3. The molecule has 1 aliphatic rings. The van der Waals surface area contributed by atoms with Crippen LogP contribution in [0.4, 0.5) is 4.39 Å². The Morgan fingerprint density at radius 1 is 1.56 bits per heavy atom. The van der Waals surface area contributed by atoms with E-state index in [9.17, 15) is 19.4 Å². The zero-order valence-corrected chi connectivity index (χ0v) is 10.1. The average Bonchev–Trinajstić information content (AvgIpc) is 2.33. The standard InChI is InChI=1S/C11H18FNO5/c1-3-4-17-11-8(13-6(2)14)10(16)9(15)7(5-12)18-11/h3,7-11,15-16H,1,4-5H2,2H3,(H,13,14)/t7-,8+,9-,10-,11+/m1/s1. The van der Waals surface area contributed by atoms with Gasteiger partial charge in [0, 0.05) is 6.92 Å². The Morgan fingerprint density at radius 2 is 2.22 bits per heavy atom. The number of amides is 1. The Hall–Kier alpha value is -1.02. The Labute approximate surface area is 104 Å². The van der Waals surface area contributed by atoms with Crippen LogP contribution in [-0.2, 0) is 14.3 Å². The van der Waals surface area contributed by atoms with E-state index in [0.717, 1.165) is 0 Å². The molecule has 0 bridgehead atoms. The van der Waals surface area contributed by atoms with Crippen molar-refractivity contribution in [3.63, 3.8) is 0 Å². The molecular formula is C11H18FNO5. The summed E-state index contributed by atoms with van der Waals surface area (Å²) in [6.45, 7) is 3.86. The van der Waals surface area contributed by atoms with E-state index in [1.807, 2.05) is 0 Å². The van der Waals surface area contributed by atoms with E-state index in [1.54, 1.807) is 0 Å². The van der Waals surface area contributed by atoms with Gasteiger partial charge in [-0.1, -0.05) is 6.08 Å². The van der Waals surface area contributed by atoms with Crippen molar-refractivity contribution in [2.24, 2.45) is 0 Å². The van der Waals surface area contributed by atoms with Crippen LogP contribution in [0.25, 0.3) is 0 Å². The zero-order chi connectivity index (χ0) is 13.7. The molecule has 3 N–H and O–H groups in total. The van der Waals surface area contributed by atoms with Gasteiger partial charge in [0.25, 0.3) is 0 Å². The Morgan fingerprint density at radius 3 is 2.72 bits per heavy atom. The maximum Gasteiger partial charge on any atom is 0.217 e. The van der Waals surface area contributed by atoms with Gasteiger partial charge in [-0.25, -0.2) is 4.39 Å². The van der Waals surface area contributed by atoms with Crippen molar-refractivity contribution < 1.29 is 28.9 Å². The van der Waals surface area contributed by atoms with Crippen molar-refractivity contribution in [1.29, 1.82) is 0 Å². The molecule has 7 heteroatoms. The Balaban J connectivity index is 2.79. The fourth-order valence-electron chi connectivity index (χ4n) is 1.75. The van der Waals surface area contributed by atoms with Crippen LogP contribution in [0.1, 0.15) is 6.92 Å². The van der Waals surface area contributed by atoms with Crippen molar-refractivity contribution >= 4 is 5.91 Å². The minimum Gasteiger partial charge on any atom is -0.388 e. The van der Waals surface area contributed by atoms with E-state index in [0.29, 0.717) is 0 Å². The fraction of sp³-hybridized carbons (Fsp3) is 0.727. The number of nitrogens with one attached hydrogen (secondary N) is 1. The molecule has 1 heterocycles. The van der Waals surface area contributed by atoms with Gasteiger partial charge < -0.3 is 25.0 Å². The first-order chi connectivity index (χ1) is 8.51. The molecule has 18 heavy (non-hydrogen) atoms. The summed E-state index contributed by atoms with van der Waals surface area (Å²) < 4.78 is 23.0. The van der Waals surface area contributed by atoms with Gasteiger partial charge >= 0.3 is 0 Å². The van der Waals surface area contributed by atoms with Gasteiger partial charge in [-0.3, -0.25) is 4.79 Å². The van der Waals surface area contributed by atoms with Crippen LogP contribution in [0.2, 0.25) is 0 Å².